The predicted molar refractivity (Wildman–Crippen MR) is 103 cm³/mol. The molecule has 1 aromatic carbocycles. The van der Waals surface area contributed by atoms with Crippen LogP contribution < -0.4 is 5.56 Å². The second-order valence-corrected chi connectivity index (χ2v) is 8.11. The van der Waals surface area contributed by atoms with Crippen LogP contribution in [0.1, 0.15) is 43.4 Å². The Morgan fingerprint density at radius 2 is 2.04 bits per heavy atom. The van der Waals surface area contributed by atoms with Gasteiger partial charge in [0, 0.05) is 18.0 Å². The first kappa shape index (κ1) is 16.5. The van der Waals surface area contributed by atoms with E-state index in [1.807, 2.05) is 11.6 Å². The maximum absolute atomic E-state index is 12.9. The molecule has 0 atom stereocenters. The number of terminal acetylenes is 1. The van der Waals surface area contributed by atoms with Crippen LogP contribution in [-0.2, 0) is 18.9 Å². The number of rotatable bonds is 2. The highest BCUT2D eigenvalue weighted by molar-refractivity contribution is 7.99. The van der Waals surface area contributed by atoms with E-state index in [9.17, 15) is 4.79 Å². The van der Waals surface area contributed by atoms with E-state index < -0.39 is 0 Å². The Balaban J connectivity index is 1.98. The third kappa shape index (κ3) is 2.62. The number of fused-ring (bicyclic) bond motifs is 4. The van der Waals surface area contributed by atoms with Gasteiger partial charge in [-0.25, -0.2) is 4.98 Å². The Labute approximate surface area is 152 Å². The van der Waals surface area contributed by atoms with Gasteiger partial charge in [0.15, 0.2) is 5.03 Å². The van der Waals surface area contributed by atoms with E-state index in [0.717, 1.165) is 30.7 Å². The van der Waals surface area contributed by atoms with Gasteiger partial charge in [-0.15, -0.1) is 6.42 Å². The summed E-state index contributed by atoms with van der Waals surface area (Å²) in [5, 5.41) is 0.516. The smallest absolute Gasteiger partial charge is 0.283 e. The molecule has 0 unspecified atom stereocenters. The second kappa shape index (κ2) is 6.38. The summed E-state index contributed by atoms with van der Waals surface area (Å²) in [4.78, 5) is 17.7. The van der Waals surface area contributed by atoms with Gasteiger partial charge in [-0.05, 0) is 24.8 Å². The topological polar surface area (TPSA) is 34.9 Å². The average Bonchev–Trinajstić information content (AvgIpc) is 2.64. The van der Waals surface area contributed by atoms with E-state index in [0.29, 0.717) is 10.8 Å². The highest BCUT2D eigenvalue weighted by atomic mass is 32.2. The molecule has 2 aliphatic carbocycles. The summed E-state index contributed by atoms with van der Waals surface area (Å²) >= 11 is 1.36. The first-order valence-electron chi connectivity index (χ1n) is 8.92. The monoisotopic (exact) mass is 350 g/mol. The lowest BCUT2D eigenvalue weighted by Gasteiger charge is -2.43. The van der Waals surface area contributed by atoms with Gasteiger partial charge in [0.05, 0.1) is 17.1 Å². The zero-order valence-electron chi connectivity index (χ0n) is 14.5. The van der Waals surface area contributed by atoms with Crippen molar-refractivity contribution in [2.24, 2.45) is 7.05 Å². The van der Waals surface area contributed by atoms with Gasteiger partial charge in [-0.3, -0.25) is 4.79 Å². The molecule has 1 spiro atoms. The zero-order chi connectivity index (χ0) is 17.4. The number of benzene rings is 1. The van der Waals surface area contributed by atoms with Gasteiger partial charge < -0.3 is 4.57 Å². The number of nitrogens with zero attached hydrogens (tertiary/aromatic N) is 2. The van der Waals surface area contributed by atoms with Crippen molar-refractivity contribution in [3.8, 4) is 23.6 Å². The molecule has 1 fully saturated rings. The van der Waals surface area contributed by atoms with Crippen molar-refractivity contribution in [1.29, 1.82) is 0 Å². The number of thioether (sulfide) groups is 1. The van der Waals surface area contributed by atoms with E-state index in [4.69, 9.17) is 11.4 Å². The van der Waals surface area contributed by atoms with Crippen LogP contribution in [0.5, 0.6) is 0 Å². The quantitative estimate of drug-likeness (QED) is 0.608. The summed E-state index contributed by atoms with van der Waals surface area (Å²) in [6.07, 6.45) is 12.4. The second-order valence-electron chi connectivity index (χ2n) is 7.15. The van der Waals surface area contributed by atoms with Crippen LogP contribution in [0.25, 0.3) is 11.3 Å². The normalized spacial score (nSPS) is 17.6. The first-order chi connectivity index (χ1) is 12.2. The average molecular weight is 350 g/mol. The van der Waals surface area contributed by atoms with Crippen LogP contribution in [0.4, 0.5) is 0 Å². The molecule has 0 amide bonds. The Kier molecular flexibility index (Phi) is 4.21. The maximum atomic E-state index is 12.9. The molecule has 4 heteroatoms. The minimum absolute atomic E-state index is 0.0108. The molecule has 1 saturated carbocycles. The van der Waals surface area contributed by atoms with E-state index in [1.165, 1.54) is 42.2 Å². The largest absolute Gasteiger partial charge is 0.311 e. The van der Waals surface area contributed by atoms with Crippen LogP contribution in [0.2, 0.25) is 0 Å². The molecule has 25 heavy (non-hydrogen) atoms. The van der Waals surface area contributed by atoms with Crippen LogP contribution in [0.3, 0.4) is 0 Å². The summed E-state index contributed by atoms with van der Waals surface area (Å²) in [5.74, 6) is 3.06. The fourth-order valence-electron chi connectivity index (χ4n) is 4.60. The summed E-state index contributed by atoms with van der Waals surface area (Å²) in [7, 11) is 1.91. The van der Waals surface area contributed by atoms with Crippen LogP contribution in [-0.4, -0.2) is 15.3 Å². The summed E-state index contributed by atoms with van der Waals surface area (Å²) < 4.78 is 1.86. The Hall–Kier alpha value is -1.99. The highest BCUT2D eigenvalue weighted by Crippen LogP contribution is 2.49. The predicted octanol–water partition coefficient (Wildman–Crippen LogP) is 3.93. The lowest BCUT2D eigenvalue weighted by atomic mass is 9.64. The van der Waals surface area contributed by atoms with Crippen molar-refractivity contribution < 1.29 is 0 Å². The van der Waals surface area contributed by atoms with E-state index in [-0.39, 0.29) is 11.0 Å². The molecule has 0 aliphatic heterocycles. The summed E-state index contributed by atoms with van der Waals surface area (Å²) in [6, 6.07) is 8.52. The molecule has 0 N–H and O–H groups in total. The van der Waals surface area contributed by atoms with Crippen LogP contribution in [0.15, 0.2) is 34.1 Å². The fourth-order valence-corrected chi connectivity index (χ4v) is 5.24. The third-order valence-electron chi connectivity index (χ3n) is 5.67. The lowest BCUT2D eigenvalue weighted by Crippen LogP contribution is -2.41. The molecule has 0 saturated heterocycles. The number of aromatic nitrogens is 2. The zero-order valence-corrected chi connectivity index (χ0v) is 15.4. The fraction of sp³-hybridized carbons (Fsp3) is 0.429. The first-order valence-corrected chi connectivity index (χ1v) is 9.91. The van der Waals surface area contributed by atoms with Crippen molar-refractivity contribution >= 4 is 11.8 Å². The Morgan fingerprint density at radius 1 is 1.28 bits per heavy atom. The summed E-state index contributed by atoms with van der Waals surface area (Å²) in [5.41, 5.74) is 4.70. The Morgan fingerprint density at radius 3 is 2.80 bits per heavy atom. The van der Waals surface area contributed by atoms with Gasteiger partial charge in [0.2, 0.25) is 0 Å². The molecular formula is C21H22N2OS. The minimum Gasteiger partial charge on any atom is -0.311 e. The molecule has 3 nitrogen and oxygen atoms in total. The number of hydrogen-bond donors (Lipinski definition) is 0. The molecule has 1 heterocycles. The standard InChI is InChI=1S/C21H22N2OS/c1-3-13-25-19-20(24)23(2)18-17(22-19)16-10-6-5-9-15(16)14-21(18)11-7-4-8-12-21/h1,5-6,9-10H,4,7-8,11-14H2,2H3. The van der Waals surface area contributed by atoms with Crippen molar-refractivity contribution in [3.05, 3.63) is 45.9 Å². The molecule has 1 aromatic heterocycles. The van der Waals surface area contributed by atoms with Gasteiger partial charge in [-0.1, -0.05) is 61.2 Å². The molecule has 2 aliphatic rings. The van der Waals surface area contributed by atoms with Crippen LogP contribution >= 0.6 is 11.8 Å². The molecule has 0 bridgehead atoms. The van der Waals surface area contributed by atoms with Gasteiger partial charge in [0.25, 0.3) is 5.56 Å². The maximum Gasteiger partial charge on any atom is 0.283 e. The Bertz CT molecular complexity index is 916. The highest BCUT2D eigenvalue weighted by Gasteiger charge is 2.42. The molecule has 0 radical (unpaired) electrons. The van der Waals surface area contributed by atoms with Gasteiger partial charge >= 0.3 is 0 Å². The van der Waals surface area contributed by atoms with Crippen molar-refractivity contribution in [3.63, 3.8) is 0 Å². The minimum atomic E-state index is -0.0108. The van der Waals surface area contributed by atoms with Crippen molar-refractivity contribution in [1.82, 2.24) is 9.55 Å². The van der Waals surface area contributed by atoms with Gasteiger partial charge in [0.1, 0.15) is 0 Å². The van der Waals surface area contributed by atoms with E-state index in [2.05, 4.69) is 30.2 Å². The van der Waals surface area contributed by atoms with E-state index >= 15 is 0 Å². The molecule has 128 valence electrons. The summed E-state index contributed by atoms with van der Waals surface area (Å²) in [6.45, 7) is 0. The van der Waals surface area contributed by atoms with Gasteiger partial charge in [-0.2, -0.15) is 0 Å². The molecular weight excluding hydrogens is 328 g/mol. The molecule has 4 rings (SSSR count). The SMILES string of the molecule is C#CCSc1nc2c(n(C)c1=O)C1(CCCCC1)Cc1ccccc1-2. The lowest BCUT2D eigenvalue weighted by molar-refractivity contribution is 0.271. The van der Waals surface area contributed by atoms with Crippen LogP contribution in [0, 0.1) is 12.3 Å². The number of hydrogen-bond acceptors (Lipinski definition) is 3. The third-order valence-corrected chi connectivity index (χ3v) is 6.52. The van der Waals surface area contributed by atoms with Crippen molar-refractivity contribution in [2.45, 2.75) is 49.0 Å². The van der Waals surface area contributed by atoms with Crippen molar-refractivity contribution in [2.75, 3.05) is 5.75 Å². The van der Waals surface area contributed by atoms with E-state index in [1.54, 1.807) is 0 Å². The molecule has 2 aromatic rings.